The maximum Gasteiger partial charge on any atom is 0.416 e. The maximum atomic E-state index is 14.0. The molecular weight excluding hydrogens is 750 g/mol. The minimum absolute atomic E-state index is 0.101. The number of aromatic amines is 1. The van der Waals surface area contributed by atoms with Gasteiger partial charge in [-0.25, -0.2) is 4.39 Å². The molecular formula is C34H24BrF4N3O5S2. The number of alkyl halides is 3. The van der Waals surface area contributed by atoms with Gasteiger partial charge in [0.1, 0.15) is 11.6 Å². The van der Waals surface area contributed by atoms with E-state index in [1.54, 1.807) is 12.1 Å². The van der Waals surface area contributed by atoms with Crippen LogP contribution in [-0.2, 0) is 20.6 Å². The molecule has 0 spiro atoms. The third-order valence-electron chi connectivity index (χ3n) is 9.95. The highest BCUT2D eigenvalue weighted by Gasteiger charge is 2.70. The van der Waals surface area contributed by atoms with Crippen LogP contribution in [0, 0.1) is 35.4 Å². The Morgan fingerprint density at radius 2 is 1.73 bits per heavy atom. The number of H-pyrrole nitrogens is 1. The molecule has 2 aliphatic heterocycles. The number of hydrogen-bond acceptors (Lipinski definition) is 7. The monoisotopic (exact) mass is 773 g/mol. The second kappa shape index (κ2) is 11.8. The summed E-state index contributed by atoms with van der Waals surface area (Å²) in [6, 6.07) is 14.9. The number of ether oxygens (including phenoxy) is 1. The quantitative estimate of drug-likeness (QED) is 0.161. The van der Waals surface area contributed by atoms with Gasteiger partial charge in [0, 0.05) is 31.8 Å². The summed E-state index contributed by atoms with van der Waals surface area (Å²) in [6.07, 6.45) is -4.07. The number of hydrogen-bond donors (Lipinski definition) is 2. The Morgan fingerprint density at radius 3 is 2.47 bits per heavy atom. The summed E-state index contributed by atoms with van der Waals surface area (Å²) in [7, 11) is 0. The van der Waals surface area contributed by atoms with E-state index in [1.165, 1.54) is 48.2 Å². The van der Waals surface area contributed by atoms with Gasteiger partial charge in [0.25, 0.3) is 5.91 Å². The largest absolute Gasteiger partial charge is 0.483 e. The van der Waals surface area contributed by atoms with Gasteiger partial charge < -0.3 is 15.0 Å². The van der Waals surface area contributed by atoms with Crippen molar-refractivity contribution < 1.29 is 36.7 Å². The molecule has 2 aliphatic carbocycles. The van der Waals surface area contributed by atoms with Gasteiger partial charge in [-0.15, -0.1) is 11.8 Å². The zero-order chi connectivity index (χ0) is 34.4. The second-order valence-corrected chi connectivity index (χ2v) is 15.7. The number of rotatable bonds is 6. The van der Waals surface area contributed by atoms with Crippen molar-refractivity contribution in [3.05, 3.63) is 103 Å². The highest BCUT2D eigenvalue weighted by Crippen LogP contribution is 2.69. The zero-order valence-electron chi connectivity index (χ0n) is 25.0. The molecule has 7 atom stereocenters. The molecule has 8 nitrogen and oxygen atoms in total. The minimum Gasteiger partial charge on any atom is -0.483 e. The van der Waals surface area contributed by atoms with Crippen LogP contribution in [0.25, 0.3) is 0 Å². The Hall–Kier alpha value is -3.95. The van der Waals surface area contributed by atoms with Gasteiger partial charge >= 0.3 is 11.0 Å². The third-order valence-corrected chi connectivity index (χ3v) is 13.0. The fourth-order valence-corrected chi connectivity index (χ4v) is 11.5. The van der Waals surface area contributed by atoms with Crippen molar-refractivity contribution in [2.45, 2.75) is 28.8 Å². The molecule has 2 saturated carbocycles. The van der Waals surface area contributed by atoms with Crippen molar-refractivity contribution in [3.63, 3.8) is 0 Å². The predicted octanol–water partition coefficient (Wildman–Crippen LogP) is 7.05. The van der Waals surface area contributed by atoms with Crippen LogP contribution in [0.4, 0.5) is 28.9 Å². The van der Waals surface area contributed by atoms with Crippen molar-refractivity contribution in [1.29, 1.82) is 0 Å². The average molecular weight is 775 g/mol. The van der Waals surface area contributed by atoms with Crippen LogP contribution in [-0.4, -0.2) is 34.6 Å². The van der Waals surface area contributed by atoms with Crippen LogP contribution < -0.4 is 19.8 Å². The van der Waals surface area contributed by atoms with E-state index in [0.717, 1.165) is 33.2 Å². The second-order valence-electron chi connectivity index (χ2n) is 12.5. The van der Waals surface area contributed by atoms with Gasteiger partial charge in [0.15, 0.2) is 6.61 Å². The molecule has 3 fully saturated rings. The highest BCUT2D eigenvalue weighted by atomic mass is 79.9. The number of amides is 3. The first-order chi connectivity index (χ1) is 23.4. The first-order valence-electron chi connectivity index (χ1n) is 15.3. The van der Waals surface area contributed by atoms with Gasteiger partial charge in [-0.05, 0) is 84.8 Å². The van der Waals surface area contributed by atoms with E-state index >= 15 is 0 Å². The third kappa shape index (κ3) is 5.40. The summed E-state index contributed by atoms with van der Waals surface area (Å²) in [5.74, 6) is -4.19. The molecule has 4 aromatic rings. The van der Waals surface area contributed by atoms with Crippen molar-refractivity contribution in [2.75, 3.05) is 16.8 Å². The number of nitrogens with zero attached hydrogens (tertiary/aromatic N) is 1. The Morgan fingerprint density at radius 1 is 1.00 bits per heavy atom. The number of carbonyl (C=O) groups is 3. The number of thiazole rings is 1. The lowest BCUT2D eigenvalue weighted by atomic mass is 9.68. The van der Waals surface area contributed by atoms with E-state index in [1.807, 2.05) is 6.07 Å². The van der Waals surface area contributed by atoms with Crippen molar-refractivity contribution >= 4 is 68.1 Å². The van der Waals surface area contributed by atoms with Gasteiger partial charge in [0.05, 0.1) is 28.1 Å². The number of nitrogens with one attached hydrogen (secondary N) is 2. The molecule has 3 heterocycles. The molecule has 3 aromatic carbocycles. The van der Waals surface area contributed by atoms with E-state index in [9.17, 15) is 36.7 Å². The van der Waals surface area contributed by atoms with Gasteiger partial charge in [-0.1, -0.05) is 33.3 Å². The topological polar surface area (TPSA) is 109 Å². The lowest BCUT2D eigenvalue weighted by molar-refractivity contribution is -0.137. The molecule has 8 rings (SSSR count). The summed E-state index contributed by atoms with van der Waals surface area (Å²) in [6.45, 7) is -0.368. The van der Waals surface area contributed by atoms with Crippen LogP contribution in [0.3, 0.4) is 0 Å². The van der Waals surface area contributed by atoms with E-state index in [-0.39, 0.29) is 40.2 Å². The van der Waals surface area contributed by atoms with Crippen LogP contribution in [0.2, 0.25) is 0 Å². The van der Waals surface area contributed by atoms with Crippen LogP contribution >= 0.6 is 39.0 Å². The maximum absolute atomic E-state index is 14.0. The molecule has 252 valence electrons. The molecule has 15 heteroatoms. The average Bonchev–Trinajstić information content (AvgIpc) is 3.80. The Balaban J connectivity index is 1.13. The number of anilines is 2. The summed E-state index contributed by atoms with van der Waals surface area (Å²) >= 11 is 6.08. The van der Waals surface area contributed by atoms with Crippen LogP contribution in [0.15, 0.2) is 81.0 Å². The number of thioether (sulfide) groups is 1. The Bertz CT molecular complexity index is 2090. The smallest absolute Gasteiger partial charge is 0.416 e. The summed E-state index contributed by atoms with van der Waals surface area (Å²) in [5.41, 5.74) is 0.0328. The standard InChI is InChI=1S/C34H24BrF4N3O5S2/c35-15-4-9-22(47-13-23(43)40-17-7-5-16(36)6-8-17)19(11-15)24-25-20-12-21(28(25)48-30-29(24)49-33(46)41-30)27-26(20)31(44)42(32(27)45)18-3-1-2-14(10-18)34(37,38)39/h1-11,20-21,24-28H,12-13H2,(H,40,43)(H,41,46)/t20-,21-,24-,25?,26?,27?,28?/m1/s1. The number of carbonyl (C=O) groups excluding carboxylic acids is 3. The van der Waals surface area contributed by atoms with Crippen LogP contribution in [0.1, 0.15) is 28.3 Å². The summed E-state index contributed by atoms with van der Waals surface area (Å²) < 4.78 is 60.8. The van der Waals surface area contributed by atoms with E-state index in [2.05, 4.69) is 26.2 Å². The van der Waals surface area contributed by atoms with Crippen molar-refractivity contribution in [2.24, 2.45) is 29.6 Å². The number of aromatic nitrogens is 1. The first-order valence-corrected chi connectivity index (χ1v) is 17.8. The van der Waals surface area contributed by atoms with E-state index in [0.29, 0.717) is 32.9 Å². The van der Waals surface area contributed by atoms with Gasteiger partial charge in [0.2, 0.25) is 11.8 Å². The molecule has 1 aromatic heterocycles. The summed E-state index contributed by atoms with van der Waals surface area (Å²) in [5, 5.41) is 3.15. The first kappa shape index (κ1) is 32.3. The van der Waals surface area contributed by atoms with E-state index in [4.69, 9.17) is 4.74 Å². The molecule has 4 unspecified atom stereocenters. The fourth-order valence-electron chi connectivity index (χ4n) is 8.21. The van der Waals surface area contributed by atoms with E-state index < -0.39 is 53.0 Å². The highest BCUT2D eigenvalue weighted by molar-refractivity contribution is 9.10. The Kier molecular flexibility index (Phi) is 7.79. The molecule has 1 saturated heterocycles. The van der Waals surface area contributed by atoms with Crippen molar-refractivity contribution in [3.8, 4) is 5.75 Å². The Labute approximate surface area is 292 Å². The van der Waals surface area contributed by atoms with Crippen LogP contribution in [0.5, 0.6) is 5.75 Å². The molecule has 2 N–H and O–H groups in total. The normalized spacial score (nSPS) is 26.8. The molecule has 0 radical (unpaired) electrons. The number of fused-ring (bicyclic) bond motifs is 9. The number of halogens is 5. The molecule has 2 bridgehead atoms. The van der Waals surface area contributed by atoms with Gasteiger partial charge in [-0.3, -0.25) is 24.1 Å². The minimum atomic E-state index is -4.64. The molecule has 49 heavy (non-hydrogen) atoms. The molecule has 3 amide bonds. The lowest BCUT2D eigenvalue weighted by Crippen LogP contribution is -2.42. The number of imide groups is 1. The predicted molar refractivity (Wildman–Crippen MR) is 177 cm³/mol. The van der Waals surface area contributed by atoms with Crippen molar-refractivity contribution in [1.82, 2.24) is 4.98 Å². The fraction of sp³-hybridized carbons (Fsp3) is 0.294. The molecule has 4 aliphatic rings. The lowest BCUT2D eigenvalue weighted by Gasteiger charge is -2.43. The van der Waals surface area contributed by atoms with Gasteiger partial charge in [-0.2, -0.15) is 13.2 Å². The zero-order valence-corrected chi connectivity index (χ0v) is 28.2. The summed E-state index contributed by atoms with van der Waals surface area (Å²) in [4.78, 5) is 57.8. The number of benzene rings is 3. The SMILES string of the molecule is O=C(COc1ccc(Br)cc1[C@H]1c2sc(=O)[nH]c2SC2C1[C@H]1C[C@@H]2C2C(=O)N(c3cccc(C(F)(F)F)c3)C(=O)C21)Nc1ccc(F)cc1.